The number of rotatable bonds is 5. The van der Waals surface area contributed by atoms with Crippen molar-refractivity contribution in [3.05, 3.63) is 12.4 Å². The van der Waals surface area contributed by atoms with Crippen LogP contribution in [0.1, 0.15) is 25.7 Å². The number of carbonyl (C=O) groups is 2. The van der Waals surface area contributed by atoms with Crippen LogP contribution in [0, 0.1) is 0 Å². The summed E-state index contributed by atoms with van der Waals surface area (Å²) in [5.41, 5.74) is 0.609. The summed E-state index contributed by atoms with van der Waals surface area (Å²) < 4.78 is 17.4. The second-order valence-electron chi connectivity index (χ2n) is 5.79. The monoisotopic (exact) mass is 323 g/mol. The predicted molar refractivity (Wildman–Crippen MR) is 79.7 cm³/mol. The minimum Gasteiger partial charge on any atom is -0.467 e. The molecule has 1 amide bonds. The van der Waals surface area contributed by atoms with Gasteiger partial charge in [-0.05, 0) is 25.7 Å². The lowest BCUT2D eigenvalue weighted by atomic mass is 10.2. The van der Waals surface area contributed by atoms with Gasteiger partial charge in [-0.15, -0.1) is 0 Å². The van der Waals surface area contributed by atoms with E-state index in [-0.39, 0.29) is 12.0 Å². The summed E-state index contributed by atoms with van der Waals surface area (Å²) in [6, 6.07) is 0. The maximum absolute atomic E-state index is 12.2. The summed E-state index contributed by atoms with van der Waals surface area (Å²) in [4.78, 5) is 23.6. The molecule has 8 nitrogen and oxygen atoms in total. The summed E-state index contributed by atoms with van der Waals surface area (Å²) >= 11 is 0. The maximum atomic E-state index is 12.2. The van der Waals surface area contributed by atoms with Crippen molar-refractivity contribution >= 4 is 17.6 Å². The Kier molecular flexibility index (Phi) is 4.92. The first-order chi connectivity index (χ1) is 11.2. The van der Waals surface area contributed by atoms with Crippen LogP contribution in [-0.4, -0.2) is 53.7 Å². The van der Waals surface area contributed by atoms with Crippen LogP contribution in [0.15, 0.2) is 12.4 Å². The van der Waals surface area contributed by atoms with E-state index in [2.05, 4.69) is 15.2 Å². The fraction of sp³-hybridized carbons (Fsp3) is 0.667. The van der Waals surface area contributed by atoms with E-state index in [1.807, 2.05) is 0 Å². The third kappa shape index (κ3) is 3.89. The zero-order valence-corrected chi connectivity index (χ0v) is 13.1. The lowest BCUT2D eigenvalue weighted by molar-refractivity contribution is -0.154. The van der Waals surface area contributed by atoms with Crippen LogP contribution in [0.5, 0.6) is 0 Å². The number of hydrogen-bond donors (Lipinski definition) is 1. The summed E-state index contributed by atoms with van der Waals surface area (Å²) in [5, 5.41) is 6.99. The van der Waals surface area contributed by atoms with Gasteiger partial charge in [0.2, 0.25) is 0 Å². The van der Waals surface area contributed by atoms with E-state index in [1.54, 1.807) is 17.1 Å². The van der Waals surface area contributed by atoms with E-state index < -0.39 is 18.2 Å². The molecule has 0 spiro atoms. The number of amides is 1. The number of ether oxygens (including phenoxy) is 3. The Morgan fingerprint density at radius 3 is 2.96 bits per heavy atom. The van der Waals surface area contributed by atoms with Crippen molar-refractivity contribution in [3.63, 3.8) is 0 Å². The largest absolute Gasteiger partial charge is 0.467 e. The third-order valence-electron chi connectivity index (χ3n) is 4.09. The van der Waals surface area contributed by atoms with Crippen LogP contribution >= 0.6 is 0 Å². The van der Waals surface area contributed by atoms with Crippen molar-refractivity contribution in [1.29, 1.82) is 0 Å². The molecule has 3 rings (SSSR count). The van der Waals surface area contributed by atoms with Crippen molar-refractivity contribution in [2.24, 2.45) is 0 Å². The normalized spacial score (nSPS) is 27.1. The Morgan fingerprint density at radius 2 is 2.22 bits per heavy atom. The molecule has 1 aromatic heterocycles. The van der Waals surface area contributed by atoms with Crippen LogP contribution in [0.4, 0.5) is 5.69 Å². The molecule has 2 aliphatic heterocycles. The molecule has 3 atom stereocenters. The standard InChI is InChI=1S/C15H21N3O5/c1-21-15(20)13-5-4-12(23-13)14(19)17-10-7-16-18(8-10)9-11-3-2-6-22-11/h7-8,11-13H,2-6,9H2,1H3,(H,17,19)/t11-,12-,13+/m1/s1. The zero-order valence-electron chi connectivity index (χ0n) is 13.1. The van der Waals surface area contributed by atoms with E-state index in [9.17, 15) is 9.59 Å². The minimum absolute atomic E-state index is 0.192. The first-order valence-corrected chi connectivity index (χ1v) is 7.84. The molecule has 23 heavy (non-hydrogen) atoms. The summed E-state index contributed by atoms with van der Waals surface area (Å²) in [6.45, 7) is 1.48. The van der Waals surface area contributed by atoms with Gasteiger partial charge in [0, 0.05) is 12.8 Å². The molecule has 0 aromatic carbocycles. The average molecular weight is 323 g/mol. The molecule has 8 heteroatoms. The number of carbonyl (C=O) groups excluding carboxylic acids is 2. The van der Waals surface area contributed by atoms with Gasteiger partial charge in [0.25, 0.3) is 5.91 Å². The summed E-state index contributed by atoms with van der Waals surface area (Å²) in [7, 11) is 1.31. The molecule has 126 valence electrons. The first-order valence-electron chi connectivity index (χ1n) is 7.84. The maximum Gasteiger partial charge on any atom is 0.335 e. The van der Waals surface area contributed by atoms with E-state index in [1.165, 1.54) is 7.11 Å². The van der Waals surface area contributed by atoms with Gasteiger partial charge in [-0.25, -0.2) is 4.79 Å². The Labute approximate surface area is 134 Å². The molecule has 2 fully saturated rings. The van der Waals surface area contributed by atoms with Crippen LogP contribution in [-0.2, 0) is 30.3 Å². The number of nitrogens with one attached hydrogen (secondary N) is 1. The van der Waals surface area contributed by atoms with Crippen molar-refractivity contribution in [1.82, 2.24) is 9.78 Å². The number of esters is 1. The average Bonchev–Trinajstić information content (AvgIpc) is 3.28. The Balaban J connectivity index is 1.50. The predicted octanol–water partition coefficient (Wildman–Crippen LogP) is 0.721. The molecule has 2 saturated heterocycles. The number of aromatic nitrogens is 2. The molecule has 0 unspecified atom stereocenters. The highest BCUT2D eigenvalue weighted by Crippen LogP contribution is 2.22. The molecule has 1 aromatic rings. The Hall–Kier alpha value is -1.93. The van der Waals surface area contributed by atoms with Crippen molar-refractivity contribution in [3.8, 4) is 0 Å². The SMILES string of the molecule is COC(=O)[C@@H]1CC[C@H](C(=O)Nc2cnn(C[C@H]3CCCO3)c2)O1. The molecule has 0 radical (unpaired) electrons. The highest BCUT2D eigenvalue weighted by atomic mass is 16.6. The summed E-state index contributed by atoms with van der Waals surface area (Å²) in [5.74, 6) is -0.710. The molecule has 2 aliphatic rings. The summed E-state index contributed by atoms with van der Waals surface area (Å²) in [6.07, 6.45) is 5.36. The van der Waals surface area contributed by atoms with Crippen molar-refractivity contribution < 1.29 is 23.8 Å². The molecule has 3 heterocycles. The smallest absolute Gasteiger partial charge is 0.335 e. The van der Waals surface area contributed by atoms with Gasteiger partial charge in [0.15, 0.2) is 6.10 Å². The minimum atomic E-state index is -0.655. The van der Waals surface area contributed by atoms with Gasteiger partial charge in [0.1, 0.15) is 6.10 Å². The molecule has 0 aliphatic carbocycles. The van der Waals surface area contributed by atoms with Crippen LogP contribution in [0.3, 0.4) is 0 Å². The number of nitrogens with zero attached hydrogens (tertiary/aromatic N) is 2. The molecule has 0 saturated carbocycles. The van der Waals surface area contributed by atoms with Crippen molar-refractivity contribution in [2.75, 3.05) is 19.0 Å². The number of hydrogen-bond acceptors (Lipinski definition) is 6. The van der Waals surface area contributed by atoms with Crippen LogP contribution in [0.25, 0.3) is 0 Å². The van der Waals surface area contributed by atoms with E-state index in [0.29, 0.717) is 25.1 Å². The van der Waals surface area contributed by atoms with Gasteiger partial charge in [-0.3, -0.25) is 9.48 Å². The van der Waals surface area contributed by atoms with Gasteiger partial charge in [0.05, 0.1) is 31.6 Å². The van der Waals surface area contributed by atoms with E-state index in [4.69, 9.17) is 9.47 Å². The lowest BCUT2D eigenvalue weighted by Gasteiger charge is -2.11. The lowest BCUT2D eigenvalue weighted by Crippen LogP contribution is -2.30. The quantitative estimate of drug-likeness (QED) is 0.803. The second-order valence-corrected chi connectivity index (χ2v) is 5.79. The van der Waals surface area contributed by atoms with Crippen LogP contribution in [0.2, 0.25) is 0 Å². The number of anilines is 1. The van der Waals surface area contributed by atoms with Gasteiger partial charge >= 0.3 is 5.97 Å². The van der Waals surface area contributed by atoms with Gasteiger partial charge in [-0.2, -0.15) is 5.10 Å². The third-order valence-corrected chi connectivity index (χ3v) is 4.09. The molecular weight excluding hydrogens is 302 g/mol. The number of methoxy groups -OCH3 is 1. The van der Waals surface area contributed by atoms with Gasteiger partial charge < -0.3 is 19.5 Å². The Morgan fingerprint density at radius 1 is 1.39 bits per heavy atom. The van der Waals surface area contributed by atoms with Crippen molar-refractivity contribution in [2.45, 2.75) is 50.5 Å². The highest BCUT2D eigenvalue weighted by molar-refractivity contribution is 5.94. The molecule has 0 bridgehead atoms. The van der Waals surface area contributed by atoms with E-state index in [0.717, 1.165) is 19.4 Å². The van der Waals surface area contributed by atoms with E-state index >= 15 is 0 Å². The molecular formula is C15H21N3O5. The Bertz CT molecular complexity index is 567. The fourth-order valence-electron chi connectivity index (χ4n) is 2.88. The fourth-order valence-corrected chi connectivity index (χ4v) is 2.88. The first kappa shape index (κ1) is 15.9. The highest BCUT2D eigenvalue weighted by Gasteiger charge is 2.35. The van der Waals surface area contributed by atoms with Crippen LogP contribution < -0.4 is 5.32 Å². The van der Waals surface area contributed by atoms with Gasteiger partial charge in [-0.1, -0.05) is 0 Å². The molecule has 1 N–H and O–H groups in total. The zero-order chi connectivity index (χ0) is 16.2. The topological polar surface area (TPSA) is 91.7 Å². The second kappa shape index (κ2) is 7.10.